The Kier molecular flexibility index (Phi) is 4.41. The van der Waals surface area contributed by atoms with Gasteiger partial charge in [0.2, 0.25) is 10.0 Å². The Bertz CT molecular complexity index is 496. The number of hydrogen-bond acceptors (Lipinski definition) is 4. The first-order valence-corrected chi connectivity index (χ1v) is 7.75. The van der Waals surface area contributed by atoms with Crippen LogP contribution in [0.4, 0.5) is 5.69 Å². The molecule has 1 N–H and O–H groups in total. The predicted molar refractivity (Wildman–Crippen MR) is 68.0 cm³/mol. The molecule has 0 atom stereocenters. The summed E-state index contributed by atoms with van der Waals surface area (Å²) < 4.78 is 23.8. The Hall–Kier alpha value is -1.21. The average molecular weight is 275 g/mol. The van der Waals surface area contributed by atoms with Crippen LogP contribution in [0.3, 0.4) is 0 Å². The fraction of sp³-hybridized carbons (Fsp3) is 0.300. The Morgan fingerprint density at radius 3 is 2.24 bits per heavy atom. The molecule has 7 heteroatoms. The molecule has 94 valence electrons. The van der Waals surface area contributed by atoms with Gasteiger partial charge >= 0.3 is 5.97 Å². The normalized spacial score (nSPS) is 11.2. The van der Waals surface area contributed by atoms with Crippen LogP contribution >= 0.6 is 11.8 Å². The maximum absolute atomic E-state index is 11.5. The molecule has 0 fully saturated rings. The van der Waals surface area contributed by atoms with Gasteiger partial charge in [0.25, 0.3) is 0 Å². The van der Waals surface area contributed by atoms with E-state index in [-0.39, 0.29) is 0 Å². The molecule has 0 radical (unpaired) electrons. The zero-order chi connectivity index (χ0) is 13.1. The number of rotatable bonds is 5. The smallest absolute Gasteiger partial charge is 0.324 e. The lowest BCUT2D eigenvalue weighted by atomic mass is 10.3. The highest BCUT2D eigenvalue weighted by Gasteiger charge is 2.20. The van der Waals surface area contributed by atoms with Gasteiger partial charge in [-0.3, -0.25) is 9.10 Å². The molecule has 0 aromatic heterocycles. The molecule has 0 aliphatic heterocycles. The van der Waals surface area contributed by atoms with Crippen molar-refractivity contribution in [2.45, 2.75) is 4.90 Å². The van der Waals surface area contributed by atoms with E-state index in [1.54, 1.807) is 24.3 Å². The number of nitrogens with zero attached hydrogens (tertiary/aromatic N) is 1. The topological polar surface area (TPSA) is 74.7 Å². The number of carboxylic acids is 1. The van der Waals surface area contributed by atoms with Crippen molar-refractivity contribution in [1.82, 2.24) is 0 Å². The van der Waals surface area contributed by atoms with E-state index in [0.29, 0.717) is 5.69 Å². The molecular formula is C10H13NO4S2. The van der Waals surface area contributed by atoms with E-state index >= 15 is 0 Å². The minimum Gasteiger partial charge on any atom is -0.480 e. The molecule has 1 aromatic rings. The van der Waals surface area contributed by atoms with Gasteiger partial charge in [0.1, 0.15) is 6.54 Å². The summed E-state index contributed by atoms with van der Waals surface area (Å²) >= 11 is 1.53. The van der Waals surface area contributed by atoms with Crippen molar-refractivity contribution in [2.75, 3.05) is 23.4 Å². The Balaban J connectivity index is 3.09. The second-order valence-corrected chi connectivity index (χ2v) is 6.15. The van der Waals surface area contributed by atoms with Gasteiger partial charge in [-0.1, -0.05) is 0 Å². The van der Waals surface area contributed by atoms with Crippen LogP contribution in [0, 0.1) is 0 Å². The van der Waals surface area contributed by atoms with Crippen molar-refractivity contribution in [2.24, 2.45) is 0 Å². The molecule has 1 aromatic carbocycles. The molecule has 1 rings (SSSR count). The van der Waals surface area contributed by atoms with Crippen LogP contribution in [-0.4, -0.2) is 38.5 Å². The quantitative estimate of drug-likeness (QED) is 0.819. The molecule has 0 saturated heterocycles. The van der Waals surface area contributed by atoms with Crippen LogP contribution < -0.4 is 4.31 Å². The second kappa shape index (κ2) is 5.42. The van der Waals surface area contributed by atoms with Gasteiger partial charge in [-0.25, -0.2) is 8.42 Å². The first-order chi connectivity index (χ1) is 7.84. The fourth-order valence-corrected chi connectivity index (χ4v) is 2.53. The van der Waals surface area contributed by atoms with Gasteiger partial charge in [-0.15, -0.1) is 11.8 Å². The van der Waals surface area contributed by atoms with E-state index in [9.17, 15) is 13.2 Å². The van der Waals surface area contributed by atoms with Gasteiger partial charge in [0.05, 0.1) is 11.9 Å². The fourth-order valence-electron chi connectivity index (χ4n) is 1.27. The highest BCUT2D eigenvalue weighted by Crippen LogP contribution is 2.22. The number of carbonyl (C=O) groups is 1. The third kappa shape index (κ3) is 3.94. The number of hydrogen-bond donors (Lipinski definition) is 1. The summed E-state index contributed by atoms with van der Waals surface area (Å²) in [5.74, 6) is -1.19. The number of anilines is 1. The highest BCUT2D eigenvalue weighted by molar-refractivity contribution is 7.98. The van der Waals surface area contributed by atoms with Crippen LogP contribution in [0.25, 0.3) is 0 Å². The molecule has 0 spiro atoms. The molecule has 5 nitrogen and oxygen atoms in total. The van der Waals surface area contributed by atoms with Gasteiger partial charge in [0, 0.05) is 4.90 Å². The lowest BCUT2D eigenvalue weighted by Gasteiger charge is -2.20. The number of aliphatic carboxylic acids is 1. The van der Waals surface area contributed by atoms with Gasteiger partial charge in [-0.2, -0.15) is 0 Å². The summed E-state index contributed by atoms with van der Waals surface area (Å²) in [6.45, 7) is -0.572. The summed E-state index contributed by atoms with van der Waals surface area (Å²) in [6, 6.07) is 6.69. The molecule has 0 heterocycles. The van der Waals surface area contributed by atoms with E-state index in [0.717, 1.165) is 15.5 Å². The lowest BCUT2D eigenvalue weighted by molar-refractivity contribution is -0.135. The summed E-state index contributed by atoms with van der Waals surface area (Å²) in [5.41, 5.74) is 0.354. The standard InChI is InChI=1S/C10H13NO4S2/c1-16-9-5-3-8(4-6-9)11(7-10(12)13)17(2,14)15/h3-6H,7H2,1-2H3,(H,12,13). The Labute approximate surface area is 104 Å². The van der Waals surface area contributed by atoms with Crippen LogP contribution in [0.15, 0.2) is 29.2 Å². The zero-order valence-corrected chi connectivity index (χ0v) is 11.1. The highest BCUT2D eigenvalue weighted by atomic mass is 32.2. The zero-order valence-electron chi connectivity index (χ0n) is 9.45. The summed E-state index contributed by atoms with van der Waals surface area (Å²) in [4.78, 5) is 11.6. The molecule has 0 bridgehead atoms. The molecule has 17 heavy (non-hydrogen) atoms. The minimum atomic E-state index is -3.59. The number of sulfonamides is 1. The maximum atomic E-state index is 11.5. The van der Waals surface area contributed by atoms with Crippen molar-refractivity contribution >= 4 is 33.4 Å². The third-order valence-corrected chi connectivity index (χ3v) is 3.92. The van der Waals surface area contributed by atoms with Crippen LogP contribution in [0.1, 0.15) is 0 Å². The van der Waals surface area contributed by atoms with E-state index in [2.05, 4.69) is 0 Å². The molecule has 0 amide bonds. The molecule has 0 saturated carbocycles. The van der Waals surface area contributed by atoms with Crippen LogP contribution in [0.5, 0.6) is 0 Å². The Morgan fingerprint density at radius 1 is 1.35 bits per heavy atom. The third-order valence-electron chi connectivity index (χ3n) is 2.04. The number of carboxylic acid groups (broad SMARTS) is 1. The minimum absolute atomic E-state index is 0.354. The summed E-state index contributed by atoms with van der Waals surface area (Å²) in [5, 5.41) is 8.70. The Morgan fingerprint density at radius 2 is 1.88 bits per heavy atom. The first-order valence-electron chi connectivity index (χ1n) is 4.68. The van der Waals surface area contributed by atoms with E-state index in [1.807, 2.05) is 6.26 Å². The van der Waals surface area contributed by atoms with Gasteiger partial charge in [-0.05, 0) is 30.5 Å². The lowest BCUT2D eigenvalue weighted by Crippen LogP contribution is -2.34. The van der Waals surface area contributed by atoms with E-state index in [1.165, 1.54) is 11.8 Å². The first kappa shape index (κ1) is 13.9. The van der Waals surface area contributed by atoms with Crippen molar-refractivity contribution in [1.29, 1.82) is 0 Å². The second-order valence-electron chi connectivity index (χ2n) is 3.36. The number of thioether (sulfide) groups is 1. The van der Waals surface area contributed by atoms with Crippen molar-refractivity contribution < 1.29 is 18.3 Å². The molecule has 0 aliphatic carbocycles. The average Bonchev–Trinajstić information content (AvgIpc) is 2.24. The summed E-state index contributed by atoms with van der Waals surface area (Å²) in [7, 11) is -3.59. The monoisotopic (exact) mass is 275 g/mol. The van der Waals surface area contributed by atoms with Gasteiger partial charge in [0.15, 0.2) is 0 Å². The van der Waals surface area contributed by atoms with Crippen molar-refractivity contribution in [3.05, 3.63) is 24.3 Å². The van der Waals surface area contributed by atoms with E-state index in [4.69, 9.17) is 5.11 Å². The predicted octanol–water partition coefficient (Wildman–Crippen LogP) is 1.26. The maximum Gasteiger partial charge on any atom is 0.324 e. The summed E-state index contributed by atoms with van der Waals surface area (Å²) in [6.07, 6.45) is 2.89. The van der Waals surface area contributed by atoms with Gasteiger partial charge < -0.3 is 5.11 Å². The number of benzene rings is 1. The largest absolute Gasteiger partial charge is 0.480 e. The SMILES string of the molecule is CSc1ccc(N(CC(=O)O)S(C)(=O)=O)cc1. The van der Waals surface area contributed by atoms with Crippen molar-refractivity contribution in [3.8, 4) is 0 Å². The molecular weight excluding hydrogens is 262 g/mol. The van der Waals surface area contributed by atoms with E-state index < -0.39 is 22.5 Å². The van der Waals surface area contributed by atoms with Crippen LogP contribution in [-0.2, 0) is 14.8 Å². The van der Waals surface area contributed by atoms with Crippen LogP contribution in [0.2, 0.25) is 0 Å². The molecule has 0 aliphatic rings. The van der Waals surface area contributed by atoms with Crippen molar-refractivity contribution in [3.63, 3.8) is 0 Å². The molecule has 0 unspecified atom stereocenters.